The van der Waals surface area contributed by atoms with Gasteiger partial charge in [0.25, 0.3) is 0 Å². The lowest BCUT2D eigenvalue weighted by atomic mass is 10.0. The summed E-state index contributed by atoms with van der Waals surface area (Å²) < 4.78 is 10.5. The van der Waals surface area contributed by atoms with E-state index in [2.05, 4.69) is 29.1 Å². The van der Waals surface area contributed by atoms with Gasteiger partial charge in [0.2, 0.25) is 0 Å². The number of hydrogen-bond acceptors (Lipinski definition) is 4. The van der Waals surface area contributed by atoms with Crippen LogP contribution in [0.15, 0.2) is 4.99 Å². The Morgan fingerprint density at radius 1 is 1.33 bits per heavy atom. The van der Waals surface area contributed by atoms with E-state index in [1.807, 2.05) is 6.92 Å². The summed E-state index contributed by atoms with van der Waals surface area (Å²) in [7, 11) is 1.68. The van der Waals surface area contributed by atoms with Crippen LogP contribution in [0.25, 0.3) is 0 Å². The molecule has 3 N–H and O–H groups in total. The third-order valence-electron chi connectivity index (χ3n) is 3.59. The molecule has 1 aliphatic heterocycles. The molecule has 1 fully saturated rings. The van der Waals surface area contributed by atoms with Crippen molar-refractivity contribution in [3.8, 4) is 0 Å². The number of rotatable bonds is 8. The van der Waals surface area contributed by atoms with Gasteiger partial charge in [-0.2, -0.15) is 0 Å². The van der Waals surface area contributed by atoms with Gasteiger partial charge < -0.3 is 20.5 Å². The van der Waals surface area contributed by atoms with Crippen LogP contribution in [0.4, 0.5) is 0 Å². The highest BCUT2D eigenvalue weighted by molar-refractivity contribution is 5.78. The van der Waals surface area contributed by atoms with Gasteiger partial charge in [0.15, 0.2) is 5.96 Å². The van der Waals surface area contributed by atoms with Gasteiger partial charge in [0.1, 0.15) is 0 Å². The first-order valence-corrected chi connectivity index (χ1v) is 7.90. The second kappa shape index (κ2) is 9.97. The first kappa shape index (κ1) is 18.2. The first-order valence-electron chi connectivity index (χ1n) is 7.90. The lowest BCUT2D eigenvalue weighted by Crippen LogP contribution is -2.46. The van der Waals surface area contributed by atoms with E-state index < -0.39 is 0 Å². The molecule has 6 heteroatoms. The Morgan fingerprint density at radius 2 is 2.00 bits per heavy atom. The summed E-state index contributed by atoms with van der Waals surface area (Å²) in [6.07, 6.45) is 1.13. The standard InChI is InChI=1S/C15H32N4O2/c1-12(2)9-14(19-5-7-21-8-6-19)10-17-15(16)18-13(3)11-20-4/h12-14H,5-11H2,1-4H3,(H3,16,17,18). The fourth-order valence-corrected chi connectivity index (χ4v) is 2.62. The molecule has 0 aromatic rings. The quantitative estimate of drug-likeness (QED) is 0.509. The van der Waals surface area contributed by atoms with Crippen molar-refractivity contribution in [1.29, 1.82) is 0 Å². The molecule has 21 heavy (non-hydrogen) atoms. The Morgan fingerprint density at radius 3 is 2.57 bits per heavy atom. The maximum absolute atomic E-state index is 5.95. The van der Waals surface area contributed by atoms with Gasteiger partial charge in [-0.3, -0.25) is 9.89 Å². The predicted molar refractivity (Wildman–Crippen MR) is 86.6 cm³/mol. The maximum atomic E-state index is 5.95. The SMILES string of the molecule is COCC(C)NC(N)=NCC(CC(C)C)N1CCOCC1. The van der Waals surface area contributed by atoms with Crippen LogP contribution >= 0.6 is 0 Å². The Kier molecular flexibility index (Phi) is 8.64. The number of aliphatic imine (C=N–C) groups is 1. The lowest BCUT2D eigenvalue weighted by Gasteiger charge is -2.34. The minimum atomic E-state index is 0.172. The Balaban J connectivity index is 2.50. The van der Waals surface area contributed by atoms with Crippen LogP contribution in [-0.4, -0.2) is 69.5 Å². The first-order chi connectivity index (χ1) is 10.0. The molecule has 0 aromatic carbocycles. The van der Waals surface area contributed by atoms with E-state index in [1.54, 1.807) is 7.11 Å². The molecule has 0 aliphatic carbocycles. The minimum Gasteiger partial charge on any atom is -0.383 e. The van der Waals surface area contributed by atoms with Crippen LogP contribution in [-0.2, 0) is 9.47 Å². The summed E-state index contributed by atoms with van der Waals surface area (Å²) in [6.45, 7) is 11.5. The molecule has 1 rings (SSSR count). The maximum Gasteiger partial charge on any atom is 0.188 e. The number of ether oxygens (including phenoxy) is 2. The zero-order valence-corrected chi connectivity index (χ0v) is 14.0. The van der Waals surface area contributed by atoms with Crippen LogP contribution in [0.5, 0.6) is 0 Å². The van der Waals surface area contributed by atoms with Gasteiger partial charge in [-0.15, -0.1) is 0 Å². The molecule has 0 amide bonds. The van der Waals surface area contributed by atoms with E-state index in [0.717, 1.165) is 39.3 Å². The lowest BCUT2D eigenvalue weighted by molar-refractivity contribution is 0.0143. The van der Waals surface area contributed by atoms with Crippen LogP contribution in [0.1, 0.15) is 27.2 Å². The molecule has 2 atom stereocenters. The van der Waals surface area contributed by atoms with Crippen molar-refractivity contribution in [1.82, 2.24) is 10.2 Å². The van der Waals surface area contributed by atoms with Gasteiger partial charge in [-0.1, -0.05) is 13.8 Å². The van der Waals surface area contributed by atoms with Crippen molar-refractivity contribution in [3.05, 3.63) is 0 Å². The molecule has 124 valence electrons. The highest BCUT2D eigenvalue weighted by Gasteiger charge is 2.21. The van der Waals surface area contributed by atoms with E-state index in [9.17, 15) is 0 Å². The average molecular weight is 300 g/mol. The number of morpholine rings is 1. The number of nitrogens with zero attached hydrogens (tertiary/aromatic N) is 2. The van der Waals surface area contributed by atoms with Crippen LogP contribution in [0, 0.1) is 5.92 Å². The molecule has 1 aliphatic rings. The zero-order chi connectivity index (χ0) is 15.7. The van der Waals surface area contributed by atoms with E-state index >= 15 is 0 Å². The molecule has 0 radical (unpaired) electrons. The van der Waals surface area contributed by atoms with Crippen molar-refractivity contribution in [2.45, 2.75) is 39.3 Å². The van der Waals surface area contributed by atoms with Gasteiger partial charge >= 0.3 is 0 Å². The summed E-state index contributed by atoms with van der Waals surface area (Å²) in [5, 5.41) is 3.15. The largest absolute Gasteiger partial charge is 0.383 e. The van der Waals surface area contributed by atoms with E-state index in [0.29, 0.717) is 24.5 Å². The van der Waals surface area contributed by atoms with Crippen molar-refractivity contribution in [2.24, 2.45) is 16.6 Å². The number of guanidine groups is 1. The monoisotopic (exact) mass is 300 g/mol. The third kappa shape index (κ3) is 7.64. The molecular formula is C15H32N4O2. The van der Waals surface area contributed by atoms with Gasteiger partial charge in [0.05, 0.1) is 26.4 Å². The normalized spacial score (nSPS) is 20.5. The number of methoxy groups -OCH3 is 1. The summed E-state index contributed by atoms with van der Waals surface area (Å²) in [4.78, 5) is 6.99. The molecule has 6 nitrogen and oxygen atoms in total. The third-order valence-corrected chi connectivity index (χ3v) is 3.59. The van der Waals surface area contributed by atoms with E-state index in [4.69, 9.17) is 15.2 Å². The number of hydrogen-bond donors (Lipinski definition) is 2. The van der Waals surface area contributed by atoms with Gasteiger partial charge in [0, 0.05) is 32.3 Å². The van der Waals surface area contributed by atoms with Crippen molar-refractivity contribution >= 4 is 5.96 Å². The summed E-state index contributed by atoms with van der Waals surface area (Å²) in [5.41, 5.74) is 5.95. The van der Waals surface area contributed by atoms with E-state index in [-0.39, 0.29) is 6.04 Å². The summed E-state index contributed by atoms with van der Waals surface area (Å²) in [6, 6.07) is 0.609. The average Bonchev–Trinajstić information content (AvgIpc) is 2.44. The van der Waals surface area contributed by atoms with Crippen LogP contribution in [0.2, 0.25) is 0 Å². The van der Waals surface area contributed by atoms with Crippen LogP contribution < -0.4 is 11.1 Å². The Labute approximate surface area is 129 Å². The van der Waals surface area contributed by atoms with Gasteiger partial charge in [-0.05, 0) is 19.3 Å². The van der Waals surface area contributed by atoms with Gasteiger partial charge in [-0.25, -0.2) is 0 Å². The molecule has 2 unspecified atom stereocenters. The summed E-state index contributed by atoms with van der Waals surface area (Å²) in [5.74, 6) is 1.15. The Hall–Kier alpha value is -0.850. The zero-order valence-electron chi connectivity index (χ0n) is 14.0. The highest BCUT2D eigenvalue weighted by atomic mass is 16.5. The second-order valence-electron chi connectivity index (χ2n) is 6.16. The summed E-state index contributed by atoms with van der Waals surface area (Å²) >= 11 is 0. The minimum absolute atomic E-state index is 0.172. The van der Waals surface area contributed by atoms with E-state index in [1.165, 1.54) is 0 Å². The molecule has 0 bridgehead atoms. The molecular weight excluding hydrogens is 268 g/mol. The van der Waals surface area contributed by atoms with Crippen molar-refractivity contribution < 1.29 is 9.47 Å². The fourth-order valence-electron chi connectivity index (χ4n) is 2.62. The topological polar surface area (TPSA) is 72.1 Å². The number of nitrogens with one attached hydrogen (secondary N) is 1. The highest BCUT2D eigenvalue weighted by Crippen LogP contribution is 2.13. The molecule has 0 aromatic heterocycles. The predicted octanol–water partition coefficient (Wildman–Crippen LogP) is 0.673. The Bertz CT molecular complexity index is 304. The smallest absolute Gasteiger partial charge is 0.188 e. The van der Waals surface area contributed by atoms with Crippen molar-refractivity contribution in [3.63, 3.8) is 0 Å². The van der Waals surface area contributed by atoms with Crippen LogP contribution in [0.3, 0.4) is 0 Å². The molecule has 1 saturated heterocycles. The van der Waals surface area contributed by atoms with Crippen molar-refractivity contribution in [2.75, 3.05) is 46.6 Å². The number of nitrogens with two attached hydrogens (primary N) is 1. The molecule has 0 spiro atoms. The molecule has 1 heterocycles. The fraction of sp³-hybridized carbons (Fsp3) is 0.933. The molecule has 0 saturated carbocycles. The second-order valence-corrected chi connectivity index (χ2v) is 6.16.